The highest BCUT2D eigenvalue weighted by atomic mass is 32.2. The first-order valence-corrected chi connectivity index (χ1v) is 13.4. The van der Waals surface area contributed by atoms with Gasteiger partial charge in [0, 0.05) is 17.7 Å². The van der Waals surface area contributed by atoms with Gasteiger partial charge >= 0.3 is 5.97 Å². The molecule has 0 radical (unpaired) electrons. The molecule has 0 unspecified atom stereocenters. The molecule has 8 heteroatoms. The highest BCUT2D eigenvalue weighted by Crippen LogP contribution is 2.44. The average molecular weight is 511 g/mol. The third-order valence-corrected chi connectivity index (χ3v) is 6.91. The Morgan fingerprint density at radius 3 is 2.67 bits per heavy atom. The first kappa shape index (κ1) is 26.0. The van der Waals surface area contributed by atoms with Crippen molar-refractivity contribution in [3.63, 3.8) is 0 Å². The van der Waals surface area contributed by atoms with Gasteiger partial charge in [0.25, 0.3) is 5.91 Å². The summed E-state index contributed by atoms with van der Waals surface area (Å²) in [5.74, 6) is 0.400. The lowest BCUT2D eigenvalue weighted by molar-refractivity contribution is -0.145. The lowest BCUT2D eigenvalue weighted by Gasteiger charge is -2.23. The molecule has 0 aliphatic carbocycles. The van der Waals surface area contributed by atoms with E-state index in [1.807, 2.05) is 57.4 Å². The van der Waals surface area contributed by atoms with Gasteiger partial charge in [0.15, 0.2) is 0 Å². The van der Waals surface area contributed by atoms with Crippen molar-refractivity contribution in [2.75, 3.05) is 23.9 Å². The minimum atomic E-state index is -0.655. The molecule has 0 spiro atoms. The standard InChI is InChI=1S/C28H31FN2O4S/c1-5-34-27(33)22(12-13-36-4)30-16-17-6-8-18(9-7-17)21-15-24(35-28(21,2)3)25-20-11-10-19(29)14-23(20)31-26(25)32/h6-11,14-15,22,30H,5,12-13,16H2,1-4H3,(H,31,32)/t22-/m0/s1. The van der Waals surface area contributed by atoms with Crippen LogP contribution < -0.4 is 10.6 Å². The van der Waals surface area contributed by atoms with Gasteiger partial charge in [-0.15, -0.1) is 0 Å². The van der Waals surface area contributed by atoms with E-state index < -0.39 is 11.4 Å². The van der Waals surface area contributed by atoms with E-state index in [2.05, 4.69) is 10.6 Å². The second kappa shape index (κ2) is 10.9. The van der Waals surface area contributed by atoms with E-state index in [1.165, 1.54) is 12.1 Å². The van der Waals surface area contributed by atoms with Crippen molar-refractivity contribution in [2.24, 2.45) is 0 Å². The largest absolute Gasteiger partial charge is 0.482 e. The van der Waals surface area contributed by atoms with Gasteiger partial charge in [-0.2, -0.15) is 11.8 Å². The summed E-state index contributed by atoms with van der Waals surface area (Å²) in [6.07, 6.45) is 4.61. The molecule has 36 heavy (non-hydrogen) atoms. The fourth-order valence-corrected chi connectivity index (χ4v) is 4.90. The van der Waals surface area contributed by atoms with Crippen molar-refractivity contribution in [2.45, 2.75) is 45.4 Å². The molecule has 2 heterocycles. The van der Waals surface area contributed by atoms with Gasteiger partial charge in [0.2, 0.25) is 0 Å². The van der Waals surface area contributed by atoms with Crippen LogP contribution >= 0.6 is 11.8 Å². The third kappa shape index (κ3) is 5.50. The minimum Gasteiger partial charge on any atom is -0.482 e. The molecule has 2 aromatic rings. The molecule has 2 aliphatic heterocycles. The SMILES string of the molecule is CCOC(=O)[C@H](CCSC)NCc1ccc(C2=CC(=C3C(=O)Nc4cc(F)ccc43)OC2(C)C)cc1. The van der Waals surface area contributed by atoms with Crippen molar-refractivity contribution >= 4 is 40.5 Å². The Balaban J connectivity index is 1.54. The predicted octanol–water partition coefficient (Wildman–Crippen LogP) is 5.16. The van der Waals surface area contributed by atoms with Crippen LogP contribution in [0.1, 0.15) is 43.9 Å². The number of fused-ring (bicyclic) bond motifs is 1. The summed E-state index contributed by atoms with van der Waals surface area (Å²) < 4.78 is 25.0. The quantitative estimate of drug-likeness (QED) is 0.359. The number of carbonyl (C=O) groups is 2. The van der Waals surface area contributed by atoms with Crippen molar-refractivity contribution in [3.05, 3.63) is 76.8 Å². The van der Waals surface area contributed by atoms with E-state index in [4.69, 9.17) is 9.47 Å². The number of amides is 1. The summed E-state index contributed by atoms with van der Waals surface area (Å²) in [5.41, 5.74) is 3.78. The number of hydrogen-bond donors (Lipinski definition) is 2. The van der Waals surface area contributed by atoms with E-state index in [1.54, 1.807) is 17.8 Å². The maximum absolute atomic E-state index is 13.6. The summed E-state index contributed by atoms with van der Waals surface area (Å²) in [6.45, 7) is 6.62. The maximum atomic E-state index is 13.6. The molecular formula is C28H31FN2O4S. The minimum absolute atomic E-state index is 0.223. The molecule has 2 aliphatic rings. The normalized spacial score (nSPS) is 18.8. The third-order valence-electron chi connectivity index (χ3n) is 6.26. The smallest absolute Gasteiger partial charge is 0.323 e. The molecule has 2 N–H and O–H groups in total. The predicted molar refractivity (Wildman–Crippen MR) is 142 cm³/mol. The molecule has 190 valence electrons. The Morgan fingerprint density at radius 1 is 1.22 bits per heavy atom. The van der Waals surface area contributed by atoms with Crippen LogP contribution in [0.15, 0.2) is 54.3 Å². The van der Waals surface area contributed by atoms with Crippen LogP contribution in [-0.2, 0) is 25.6 Å². The number of carbonyl (C=O) groups excluding carboxylic acids is 2. The number of anilines is 1. The average Bonchev–Trinajstić information content (AvgIpc) is 3.33. The fourth-order valence-electron chi connectivity index (χ4n) is 4.43. The molecule has 6 nitrogen and oxygen atoms in total. The van der Waals surface area contributed by atoms with Crippen LogP contribution in [0.4, 0.5) is 10.1 Å². The van der Waals surface area contributed by atoms with Gasteiger partial charge in [0.1, 0.15) is 23.2 Å². The van der Waals surface area contributed by atoms with Crippen molar-refractivity contribution in [1.82, 2.24) is 5.32 Å². The lowest BCUT2D eigenvalue weighted by Crippen LogP contribution is -2.38. The molecule has 0 saturated heterocycles. The summed E-state index contributed by atoms with van der Waals surface area (Å²) in [5, 5.41) is 6.04. The van der Waals surface area contributed by atoms with Crippen LogP contribution in [-0.4, -0.2) is 42.1 Å². The van der Waals surface area contributed by atoms with Crippen LogP contribution in [0.3, 0.4) is 0 Å². The van der Waals surface area contributed by atoms with E-state index in [9.17, 15) is 14.0 Å². The van der Waals surface area contributed by atoms with E-state index in [-0.39, 0.29) is 17.9 Å². The highest BCUT2D eigenvalue weighted by molar-refractivity contribution is 7.98. The molecule has 2 aromatic carbocycles. The zero-order valence-electron chi connectivity index (χ0n) is 20.9. The number of rotatable bonds is 9. The number of hydrogen-bond acceptors (Lipinski definition) is 6. The van der Waals surface area contributed by atoms with Crippen molar-refractivity contribution in [3.8, 4) is 0 Å². The highest BCUT2D eigenvalue weighted by Gasteiger charge is 2.38. The van der Waals surface area contributed by atoms with Gasteiger partial charge < -0.3 is 20.1 Å². The molecule has 0 aromatic heterocycles. The molecule has 1 atom stereocenters. The lowest BCUT2D eigenvalue weighted by atomic mass is 9.91. The Hall–Kier alpha value is -3.10. The Bertz CT molecular complexity index is 1220. The first-order chi connectivity index (χ1) is 17.2. The monoisotopic (exact) mass is 510 g/mol. The number of nitrogens with one attached hydrogen (secondary N) is 2. The molecule has 0 fully saturated rings. The summed E-state index contributed by atoms with van der Waals surface area (Å²) >= 11 is 1.70. The zero-order valence-corrected chi connectivity index (χ0v) is 21.8. The van der Waals surface area contributed by atoms with Crippen LogP contribution in [0.2, 0.25) is 0 Å². The second-order valence-electron chi connectivity index (χ2n) is 9.22. The molecular weight excluding hydrogens is 479 g/mol. The molecule has 0 bridgehead atoms. The molecule has 4 rings (SSSR count). The van der Waals surface area contributed by atoms with Gasteiger partial charge in [-0.1, -0.05) is 24.3 Å². The van der Waals surface area contributed by atoms with Gasteiger partial charge in [-0.3, -0.25) is 9.59 Å². The fraction of sp³-hybridized carbons (Fsp3) is 0.357. The number of esters is 1. The van der Waals surface area contributed by atoms with Gasteiger partial charge in [-0.25, -0.2) is 4.39 Å². The first-order valence-electron chi connectivity index (χ1n) is 12.0. The number of benzene rings is 2. The zero-order chi connectivity index (χ0) is 25.9. The maximum Gasteiger partial charge on any atom is 0.323 e. The van der Waals surface area contributed by atoms with Gasteiger partial charge in [-0.05, 0) is 74.6 Å². The molecule has 1 amide bonds. The Morgan fingerprint density at radius 2 is 1.97 bits per heavy atom. The van der Waals surface area contributed by atoms with Crippen LogP contribution in [0.25, 0.3) is 11.1 Å². The van der Waals surface area contributed by atoms with E-state index in [0.717, 1.165) is 22.5 Å². The second-order valence-corrected chi connectivity index (χ2v) is 10.2. The summed E-state index contributed by atoms with van der Waals surface area (Å²) in [6, 6.07) is 12.0. The van der Waals surface area contributed by atoms with Crippen LogP contribution in [0.5, 0.6) is 0 Å². The summed E-state index contributed by atoms with van der Waals surface area (Å²) in [7, 11) is 0. The van der Waals surface area contributed by atoms with E-state index in [0.29, 0.717) is 42.2 Å². The van der Waals surface area contributed by atoms with Crippen molar-refractivity contribution in [1.29, 1.82) is 0 Å². The molecule has 0 saturated carbocycles. The van der Waals surface area contributed by atoms with Crippen LogP contribution in [0, 0.1) is 5.82 Å². The van der Waals surface area contributed by atoms with Crippen molar-refractivity contribution < 1.29 is 23.5 Å². The Kier molecular flexibility index (Phi) is 7.85. The number of halogens is 1. The van der Waals surface area contributed by atoms with Gasteiger partial charge in [0.05, 0.1) is 17.9 Å². The topological polar surface area (TPSA) is 76.7 Å². The number of allylic oxidation sites excluding steroid dienone is 1. The number of thioether (sulfide) groups is 1. The summed E-state index contributed by atoms with van der Waals surface area (Å²) in [4.78, 5) is 24.9. The van der Waals surface area contributed by atoms with E-state index >= 15 is 0 Å². The Labute approximate surface area is 215 Å². The number of ether oxygens (including phenoxy) is 2.